The van der Waals surface area contributed by atoms with E-state index >= 15 is 0 Å². The zero-order chi connectivity index (χ0) is 13.1. The molecule has 0 fully saturated rings. The van der Waals surface area contributed by atoms with Gasteiger partial charge in [-0.05, 0) is 54.3 Å². The number of hydrogen-bond acceptors (Lipinski definition) is 2. The second kappa shape index (κ2) is 5.23. The lowest BCUT2D eigenvalue weighted by Gasteiger charge is -2.12. The van der Waals surface area contributed by atoms with Crippen LogP contribution in [0.4, 0.5) is 0 Å². The number of benzene rings is 2. The van der Waals surface area contributed by atoms with Gasteiger partial charge >= 0.3 is 0 Å². The summed E-state index contributed by atoms with van der Waals surface area (Å²) in [6.45, 7) is 4.11. The second-order valence-corrected chi connectivity index (χ2v) is 4.59. The average Bonchev–Trinajstić information content (AvgIpc) is 2.39. The summed E-state index contributed by atoms with van der Waals surface area (Å²) in [4.78, 5) is 0. The molecule has 0 saturated heterocycles. The highest BCUT2D eigenvalue weighted by atomic mass is 16.5. The fraction of sp³-hybridized carbons (Fsp3) is 0.250. The molecule has 0 radical (unpaired) electrons. The number of aryl methyl sites for hydroxylation is 1. The molecule has 18 heavy (non-hydrogen) atoms. The van der Waals surface area contributed by atoms with Crippen LogP contribution in [0, 0.1) is 6.92 Å². The summed E-state index contributed by atoms with van der Waals surface area (Å²) in [7, 11) is 1.68. The molecule has 2 heteroatoms. The van der Waals surface area contributed by atoms with Gasteiger partial charge in [-0.2, -0.15) is 0 Å². The average molecular weight is 241 g/mol. The molecule has 0 aliphatic heterocycles. The lowest BCUT2D eigenvalue weighted by atomic mass is 9.96. The third-order valence-electron chi connectivity index (χ3n) is 3.17. The molecule has 94 valence electrons. The van der Waals surface area contributed by atoms with Crippen molar-refractivity contribution < 1.29 is 4.74 Å². The molecule has 0 bridgehead atoms. The number of rotatable bonds is 3. The minimum Gasteiger partial charge on any atom is -0.497 e. The van der Waals surface area contributed by atoms with Gasteiger partial charge in [-0.1, -0.05) is 24.3 Å². The van der Waals surface area contributed by atoms with E-state index in [1.165, 1.54) is 11.1 Å². The van der Waals surface area contributed by atoms with Crippen LogP contribution in [0.5, 0.6) is 5.75 Å². The zero-order valence-electron chi connectivity index (χ0n) is 11.1. The summed E-state index contributed by atoms with van der Waals surface area (Å²) in [5.74, 6) is 0.873. The summed E-state index contributed by atoms with van der Waals surface area (Å²) in [6, 6.07) is 14.5. The summed E-state index contributed by atoms with van der Waals surface area (Å²) < 4.78 is 5.27. The molecular formula is C16H19NO. The van der Waals surface area contributed by atoms with Crippen molar-refractivity contribution in [2.75, 3.05) is 7.11 Å². The second-order valence-electron chi connectivity index (χ2n) is 4.59. The molecule has 0 saturated carbocycles. The van der Waals surface area contributed by atoms with Crippen molar-refractivity contribution in [1.82, 2.24) is 0 Å². The van der Waals surface area contributed by atoms with Crippen molar-refractivity contribution in [2.45, 2.75) is 19.9 Å². The number of ether oxygens (including phenoxy) is 1. The van der Waals surface area contributed by atoms with Crippen LogP contribution in [-0.2, 0) is 0 Å². The summed E-state index contributed by atoms with van der Waals surface area (Å²) in [5.41, 5.74) is 10.7. The third kappa shape index (κ3) is 2.54. The van der Waals surface area contributed by atoms with Crippen molar-refractivity contribution in [2.24, 2.45) is 5.73 Å². The van der Waals surface area contributed by atoms with Gasteiger partial charge in [-0.25, -0.2) is 0 Å². The maximum atomic E-state index is 5.94. The molecule has 0 aromatic heterocycles. The van der Waals surface area contributed by atoms with Gasteiger partial charge in [0.15, 0.2) is 0 Å². The van der Waals surface area contributed by atoms with Crippen LogP contribution in [0.3, 0.4) is 0 Å². The highest BCUT2D eigenvalue weighted by Crippen LogP contribution is 2.28. The monoisotopic (exact) mass is 241 g/mol. The molecule has 2 aromatic carbocycles. The topological polar surface area (TPSA) is 35.2 Å². The number of methoxy groups -OCH3 is 1. The van der Waals surface area contributed by atoms with Gasteiger partial charge < -0.3 is 10.5 Å². The number of nitrogens with two attached hydrogens (primary N) is 1. The number of hydrogen-bond donors (Lipinski definition) is 1. The van der Waals surface area contributed by atoms with Crippen molar-refractivity contribution in [3.05, 3.63) is 53.6 Å². The van der Waals surface area contributed by atoms with Gasteiger partial charge in [0, 0.05) is 6.04 Å². The molecule has 2 aromatic rings. The molecule has 0 heterocycles. The van der Waals surface area contributed by atoms with Crippen LogP contribution in [0.1, 0.15) is 24.1 Å². The first kappa shape index (κ1) is 12.7. The molecule has 1 atom stereocenters. The van der Waals surface area contributed by atoms with Gasteiger partial charge in [0.25, 0.3) is 0 Å². The zero-order valence-corrected chi connectivity index (χ0v) is 11.1. The lowest BCUT2D eigenvalue weighted by molar-refractivity contribution is 0.415. The molecule has 2 nitrogen and oxygen atoms in total. The van der Waals surface area contributed by atoms with E-state index in [9.17, 15) is 0 Å². The Hall–Kier alpha value is -1.80. The Morgan fingerprint density at radius 2 is 1.89 bits per heavy atom. The van der Waals surface area contributed by atoms with E-state index in [1.54, 1.807) is 7.11 Å². The predicted octanol–water partition coefficient (Wildman–Crippen LogP) is 3.69. The van der Waals surface area contributed by atoms with Crippen LogP contribution >= 0.6 is 0 Å². The van der Waals surface area contributed by atoms with E-state index in [0.717, 1.165) is 16.9 Å². The Morgan fingerprint density at radius 1 is 1.11 bits per heavy atom. The van der Waals surface area contributed by atoms with E-state index in [4.69, 9.17) is 10.5 Å². The summed E-state index contributed by atoms with van der Waals surface area (Å²) in [5, 5.41) is 0. The quantitative estimate of drug-likeness (QED) is 0.889. The van der Waals surface area contributed by atoms with Crippen molar-refractivity contribution >= 4 is 0 Å². The predicted molar refractivity (Wildman–Crippen MR) is 75.8 cm³/mol. The van der Waals surface area contributed by atoms with E-state index in [0.29, 0.717) is 0 Å². The normalized spacial score (nSPS) is 12.2. The van der Waals surface area contributed by atoms with Gasteiger partial charge in [-0.3, -0.25) is 0 Å². The summed E-state index contributed by atoms with van der Waals surface area (Å²) in [6.07, 6.45) is 0. The minimum atomic E-state index is 0.0509. The first-order valence-electron chi connectivity index (χ1n) is 6.12. The fourth-order valence-electron chi connectivity index (χ4n) is 2.02. The molecule has 2 N–H and O–H groups in total. The first-order chi connectivity index (χ1) is 8.61. The molecule has 0 aliphatic rings. The molecule has 0 amide bonds. The Kier molecular flexibility index (Phi) is 3.68. The summed E-state index contributed by atoms with van der Waals surface area (Å²) >= 11 is 0. The Balaban J connectivity index is 2.51. The molecule has 0 aliphatic carbocycles. The Bertz CT molecular complexity index is 547. The standard InChI is InChI=1S/C16H19NO/c1-11-7-8-13(12(2)17)10-16(11)14-5-4-6-15(9-14)18-3/h4-10,12H,17H2,1-3H3. The van der Waals surface area contributed by atoms with Gasteiger partial charge in [0.2, 0.25) is 0 Å². The van der Waals surface area contributed by atoms with Crippen LogP contribution in [0.2, 0.25) is 0 Å². The largest absolute Gasteiger partial charge is 0.497 e. The highest BCUT2D eigenvalue weighted by molar-refractivity contribution is 5.69. The van der Waals surface area contributed by atoms with Crippen molar-refractivity contribution in [1.29, 1.82) is 0 Å². The van der Waals surface area contributed by atoms with Gasteiger partial charge in [0.05, 0.1) is 7.11 Å². The van der Waals surface area contributed by atoms with Gasteiger partial charge in [0.1, 0.15) is 5.75 Å². The minimum absolute atomic E-state index is 0.0509. The first-order valence-corrected chi connectivity index (χ1v) is 6.12. The van der Waals surface area contributed by atoms with Gasteiger partial charge in [-0.15, -0.1) is 0 Å². The Labute approximate surface area is 108 Å². The van der Waals surface area contributed by atoms with E-state index < -0.39 is 0 Å². The van der Waals surface area contributed by atoms with Crippen molar-refractivity contribution in [3.63, 3.8) is 0 Å². The molecule has 1 unspecified atom stereocenters. The van der Waals surface area contributed by atoms with E-state index in [2.05, 4.69) is 31.2 Å². The van der Waals surface area contributed by atoms with E-state index in [1.807, 2.05) is 25.1 Å². The maximum Gasteiger partial charge on any atom is 0.119 e. The van der Waals surface area contributed by atoms with Crippen molar-refractivity contribution in [3.8, 4) is 16.9 Å². The highest BCUT2D eigenvalue weighted by Gasteiger charge is 2.06. The van der Waals surface area contributed by atoms with Crippen LogP contribution < -0.4 is 10.5 Å². The maximum absolute atomic E-state index is 5.94. The van der Waals surface area contributed by atoms with Crippen LogP contribution in [-0.4, -0.2) is 7.11 Å². The Morgan fingerprint density at radius 3 is 2.56 bits per heavy atom. The van der Waals surface area contributed by atoms with Crippen LogP contribution in [0.25, 0.3) is 11.1 Å². The fourth-order valence-corrected chi connectivity index (χ4v) is 2.02. The molecule has 2 rings (SSSR count). The van der Waals surface area contributed by atoms with Crippen LogP contribution in [0.15, 0.2) is 42.5 Å². The molecular weight excluding hydrogens is 222 g/mol. The lowest BCUT2D eigenvalue weighted by Crippen LogP contribution is -2.05. The molecule has 0 spiro atoms. The van der Waals surface area contributed by atoms with E-state index in [-0.39, 0.29) is 6.04 Å². The third-order valence-corrected chi connectivity index (χ3v) is 3.17. The SMILES string of the molecule is COc1cccc(-c2cc(C(C)N)ccc2C)c1. The smallest absolute Gasteiger partial charge is 0.119 e.